The van der Waals surface area contributed by atoms with Crippen molar-refractivity contribution < 1.29 is 9.53 Å². The van der Waals surface area contributed by atoms with Crippen molar-refractivity contribution in [2.24, 2.45) is 0 Å². The number of likely N-dealkylation sites (tertiary alicyclic amines) is 1. The maximum Gasteiger partial charge on any atom is 0.249 e. The van der Waals surface area contributed by atoms with E-state index in [1.165, 1.54) is 5.56 Å². The monoisotopic (exact) mass is 344 g/mol. The van der Waals surface area contributed by atoms with Crippen LogP contribution in [0.2, 0.25) is 0 Å². The van der Waals surface area contributed by atoms with Crippen LogP contribution < -0.4 is 0 Å². The highest BCUT2D eigenvalue weighted by Gasteiger charge is 2.29. The molecule has 0 radical (unpaired) electrons. The smallest absolute Gasteiger partial charge is 0.249 e. The third-order valence-corrected chi connectivity index (χ3v) is 5.41. The van der Waals surface area contributed by atoms with Gasteiger partial charge in [-0.2, -0.15) is 0 Å². The summed E-state index contributed by atoms with van der Waals surface area (Å²) in [5.41, 5.74) is 2.27. The average molecular weight is 344 g/mol. The SMILES string of the molecule is Cc1csc([C@@H]2CCCCN2C(=O)COCCc2ccccc2)n1. The zero-order chi connectivity index (χ0) is 16.8. The number of carbonyl (C=O) groups excluding carboxylic acids is 1. The fourth-order valence-electron chi connectivity index (χ4n) is 3.09. The molecule has 0 unspecified atom stereocenters. The van der Waals surface area contributed by atoms with Crippen molar-refractivity contribution in [3.63, 3.8) is 0 Å². The zero-order valence-corrected chi connectivity index (χ0v) is 14.9. The average Bonchev–Trinajstić information content (AvgIpc) is 3.06. The lowest BCUT2D eigenvalue weighted by Crippen LogP contribution is -2.40. The van der Waals surface area contributed by atoms with Crippen LogP contribution in [0.5, 0.6) is 0 Å². The molecule has 0 aliphatic carbocycles. The van der Waals surface area contributed by atoms with Gasteiger partial charge in [0.2, 0.25) is 5.91 Å². The molecule has 24 heavy (non-hydrogen) atoms. The van der Waals surface area contributed by atoms with Crippen LogP contribution in [-0.4, -0.2) is 35.5 Å². The molecule has 1 aromatic heterocycles. The third-order valence-electron chi connectivity index (χ3n) is 4.35. The van der Waals surface area contributed by atoms with Crippen molar-refractivity contribution >= 4 is 17.2 Å². The molecule has 1 fully saturated rings. The Hall–Kier alpha value is -1.72. The van der Waals surface area contributed by atoms with Crippen LogP contribution in [0.1, 0.15) is 41.6 Å². The molecule has 1 aromatic carbocycles. The van der Waals surface area contributed by atoms with Gasteiger partial charge < -0.3 is 9.64 Å². The van der Waals surface area contributed by atoms with Crippen LogP contribution in [0, 0.1) is 6.92 Å². The fraction of sp³-hybridized carbons (Fsp3) is 0.474. The molecule has 2 heterocycles. The van der Waals surface area contributed by atoms with Gasteiger partial charge in [-0.1, -0.05) is 30.3 Å². The number of amides is 1. The number of benzene rings is 1. The Labute approximate surface area is 147 Å². The summed E-state index contributed by atoms with van der Waals surface area (Å²) in [5, 5.41) is 3.12. The number of hydrogen-bond acceptors (Lipinski definition) is 4. The third kappa shape index (κ3) is 4.42. The van der Waals surface area contributed by atoms with Gasteiger partial charge in [0.1, 0.15) is 11.6 Å². The molecule has 0 spiro atoms. The number of piperidine rings is 1. The largest absolute Gasteiger partial charge is 0.371 e. The Bertz CT molecular complexity index is 656. The Morgan fingerprint density at radius 2 is 2.17 bits per heavy atom. The molecular weight excluding hydrogens is 320 g/mol. The van der Waals surface area contributed by atoms with E-state index in [0.29, 0.717) is 6.61 Å². The first-order chi connectivity index (χ1) is 11.7. The van der Waals surface area contributed by atoms with Crippen molar-refractivity contribution in [3.05, 3.63) is 52.0 Å². The van der Waals surface area contributed by atoms with E-state index in [0.717, 1.165) is 42.9 Å². The molecule has 4 nitrogen and oxygen atoms in total. The van der Waals surface area contributed by atoms with Crippen LogP contribution in [0.3, 0.4) is 0 Å². The molecule has 2 aromatic rings. The maximum absolute atomic E-state index is 12.6. The second-order valence-corrected chi connectivity index (χ2v) is 7.10. The molecule has 128 valence electrons. The number of hydrogen-bond donors (Lipinski definition) is 0. The lowest BCUT2D eigenvalue weighted by molar-refractivity contribution is -0.140. The Balaban J connectivity index is 1.51. The van der Waals surface area contributed by atoms with E-state index in [4.69, 9.17) is 4.74 Å². The van der Waals surface area contributed by atoms with Crippen LogP contribution in [0.15, 0.2) is 35.7 Å². The number of thiazole rings is 1. The summed E-state index contributed by atoms with van der Waals surface area (Å²) in [6, 6.07) is 10.3. The van der Waals surface area contributed by atoms with Gasteiger partial charge in [-0.25, -0.2) is 4.98 Å². The molecule has 1 saturated heterocycles. The number of aryl methyl sites for hydroxylation is 1. The van der Waals surface area contributed by atoms with E-state index in [1.807, 2.05) is 30.0 Å². The van der Waals surface area contributed by atoms with Gasteiger partial charge in [-0.3, -0.25) is 4.79 Å². The Morgan fingerprint density at radius 3 is 2.92 bits per heavy atom. The van der Waals surface area contributed by atoms with Crippen LogP contribution in [-0.2, 0) is 16.0 Å². The number of ether oxygens (including phenoxy) is 1. The van der Waals surface area contributed by atoms with Gasteiger partial charge in [-0.15, -0.1) is 11.3 Å². The summed E-state index contributed by atoms with van der Waals surface area (Å²) < 4.78 is 5.63. The van der Waals surface area contributed by atoms with Crippen molar-refractivity contribution in [3.8, 4) is 0 Å². The number of carbonyl (C=O) groups is 1. The summed E-state index contributed by atoms with van der Waals surface area (Å²) in [6.07, 6.45) is 4.06. The highest BCUT2D eigenvalue weighted by Crippen LogP contribution is 2.32. The molecule has 1 amide bonds. The van der Waals surface area contributed by atoms with Gasteiger partial charge >= 0.3 is 0 Å². The Kier molecular flexibility index (Phi) is 5.99. The van der Waals surface area contributed by atoms with E-state index in [1.54, 1.807) is 11.3 Å². The summed E-state index contributed by atoms with van der Waals surface area (Å²) >= 11 is 1.66. The van der Waals surface area contributed by atoms with E-state index >= 15 is 0 Å². The quantitative estimate of drug-likeness (QED) is 0.749. The predicted molar refractivity (Wildman–Crippen MR) is 96.1 cm³/mol. The number of nitrogens with zero attached hydrogens (tertiary/aromatic N) is 2. The second kappa shape index (κ2) is 8.40. The van der Waals surface area contributed by atoms with E-state index in [9.17, 15) is 4.79 Å². The second-order valence-electron chi connectivity index (χ2n) is 6.21. The summed E-state index contributed by atoms with van der Waals surface area (Å²) in [6.45, 7) is 3.55. The standard InChI is InChI=1S/C19H24N2O2S/c1-15-14-24-19(20-15)17-9-5-6-11-21(17)18(22)13-23-12-10-16-7-3-2-4-8-16/h2-4,7-8,14,17H,5-6,9-13H2,1H3/t17-/m0/s1. The molecule has 3 rings (SSSR count). The highest BCUT2D eigenvalue weighted by molar-refractivity contribution is 7.09. The topological polar surface area (TPSA) is 42.4 Å². The van der Waals surface area contributed by atoms with Crippen LogP contribution in [0.25, 0.3) is 0 Å². The molecule has 1 aliphatic heterocycles. The van der Waals surface area contributed by atoms with Crippen molar-refractivity contribution in [2.75, 3.05) is 19.8 Å². The molecule has 5 heteroatoms. The summed E-state index contributed by atoms with van der Waals surface area (Å²) in [5.74, 6) is 0.0839. The molecule has 1 aliphatic rings. The molecule has 0 N–H and O–H groups in total. The number of aromatic nitrogens is 1. The minimum Gasteiger partial charge on any atom is -0.371 e. The fourth-order valence-corrected chi connectivity index (χ4v) is 4.03. The highest BCUT2D eigenvalue weighted by atomic mass is 32.1. The minimum absolute atomic E-state index is 0.0839. The minimum atomic E-state index is 0.0839. The predicted octanol–water partition coefficient (Wildman–Crippen LogP) is 3.76. The lowest BCUT2D eigenvalue weighted by atomic mass is 10.0. The molecule has 0 bridgehead atoms. The first kappa shape index (κ1) is 17.1. The summed E-state index contributed by atoms with van der Waals surface area (Å²) in [4.78, 5) is 19.1. The summed E-state index contributed by atoms with van der Waals surface area (Å²) in [7, 11) is 0. The van der Waals surface area contributed by atoms with E-state index in [-0.39, 0.29) is 18.6 Å². The van der Waals surface area contributed by atoms with Gasteiger partial charge in [-0.05, 0) is 38.2 Å². The van der Waals surface area contributed by atoms with Crippen molar-refractivity contribution in [1.29, 1.82) is 0 Å². The van der Waals surface area contributed by atoms with E-state index in [2.05, 4.69) is 22.5 Å². The first-order valence-corrected chi connectivity index (χ1v) is 9.45. The van der Waals surface area contributed by atoms with Crippen LogP contribution >= 0.6 is 11.3 Å². The zero-order valence-electron chi connectivity index (χ0n) is 14.1. The van der Waals surface area contributed by atoms with Gasteiger partial charge in [0.05, 0.1) is 12.6 Å². The maximum atomic E-state index is 12.6. The van der Waals surface area contributed by atoms with E-state index < -0.39 is 0 Å². The van der Waals surface area contributed by atoms with Crippen LogP contribution in [0.4, 0.5) is 0 Å². The molecule has 0 saturated carbocycles. The van der Waals surface area contributed by atoms with Gasteiger partial charge in [0, 0.05) is 17.6 Å². The normalized spacial score (nSPS) is 17.9. The Morgan fingerprint density at radius 1 is 1.33 bits per heavy atom. The molecular formula is C19H24N2O2S. The number of rotatable bonds is 6. The van der Waals surface area contributed by atoms with Gasteiger partial charge in [0.25, 0.3) is 0 Å². The first-order valence-electron chi connectivity index (χ1n) is 8.57. The van der Waals surface area contributed by atoms with Crippen molar-refractivity contribution in [1.82, 2.24) is 9.88 Å². The molecule has 1 atom stereocenters. The van der Waals surface area contributed by atoms with Crippen molar-refractivity contribution in [2.45, 2.75) is 38.6 Å². The van der Waals surface area contributed by atoms with Gasteiger partial charge in [0.15, 0.2) is 0 Å². The lowest BCUT2D eigenvalue weighted by Gasteiger charge is -2.34.